The molecule has 0 spiro atoms. The van der Waals surface area contributed by atoms with Crippen molar-refractivity contribution in [3.63, 3.8) is 0 Å². The number of carbonyl (C=O) groups is 2. The zero-order chi connectivity index (χ0) is 16.9. The van der Waals surface area contributed by atoms with Crippen molar-refractivity contribution in [3.05, 3.63) is 35.3 Å². The highest BCUT2D eigenvalue weighted by molar-refractivity contribution is 8.01. The fourth-order valence-corrected chi connectivity index (χ4v) is 4.45. The van der Waals surface area contributed by atoms with Gasteiger partial charge in [-0.15, -0.1) is 22.7 Å². The summed E-state index contributed by atoms with van der Waals surface area (Å²) in [6.45, 7) is 0. The van der Waals surface area contributed by atoms with Crippen LogP contribution in [0.15, 0.2) is 34.0 Å². The highest BCUT2D eigenvalue weighted by atomic mass is 32.2. The molecule has 10 heteroatoms. The normalized spacial score (nSPS) is 10.7. The Labute approximate surface area is 149 Å². The maximum atomic E-state index is 12.0. The molecule has 0 atom stereocenters. The lowest BCUT2D eigenvalue weighted by Gasteiger charge is -1.99. The van der Waals surface area contributed by atoms with E-state index >= 15 is 0 Å². The van der Waals surface area contributed by atoms with Crippen molar-refractivity contribution in [3.8, 4) is 0 Å². The SMILES string of the molecule is NNC(=O)Cc1csc(NC(=O)CSc2nc3ccccc3s2)n1. The Morgan fingerprint density at radius 1 is 1.21 bits per heavy atom. The maximum absolute atomic E-state index is 12.0. The van der Waals surface area contributed by atoms with Crippen molar-refractivity contribution in [1.29, 1.82) is 0 Å². The predicted octanol–water partition coefficient (Wildman–Crippen LogP) is 2.02. The summed E-state index contributed by atoms with van der Waals surface area (Å²) < 4.78 is 1.95. The van der Waals surface area contributed by atoms with Gasteiger partial charge in [0, 0.05) is 5.38 Å². The second-order valence-corrected chi connectivity index (χ2v) is 7.78. The number of fused-ring (bicyclic) bond motifs is 1. The molecule has 0 saturated carbocycles. The number of nitrogens with zero attached hydrogens (tertiary/aromatic N) is 2. The predicted molar refractivity (Wildman–Crippen MR) is 97.1 cm³/mol. The first-order chi connectivity index (χ1) is 11.6. The van der Waals surface area contributed by atoms with E-state index < -0.39 is 0 Å². The Kier molecular flexibility index (Phi) is 5.41. The van der Waals surface area contributed by atoms with Gasteiger partial charge in [-0.2, -0.15) is 0 Å². The van der Waals surface area contributed by atoms with E-state index in [0.29, 0.717) is 10.8 Å². The van der Waals surface area contributed by atoms with E-state index in [-0.39, 0.29) is 24.0 Å². The Morgan fingerprint density at radius 2 is 2.04 bits per heavy atom. The highest BCUT2D eigenvalue weighted by Gasteiger charge is 2.11. The molecule has 124 valence electrons. The number of aromatic nitrogens is 2. The second-order valence-electron chi connectivity index (χ2n) is 4.67. The van der Waals surface area contributed by atoms with Gasteiger partial charge in [-0.1, -0.05) is 23.9 Å². The van der Waals surface area contributed by atoms with E-state index in [1.54, 1.807) is 16.7 Å². The van der Waals surface area contributed by atoms with Gasteiger partial charge < -0.3 is 5.32 Å². The molecule has 0 aliphatic heterocycles. The average molecular weight is 379 g/mol. The van der Waals surface area contributed by atoms with Gasteiger partial charge >= 0.3 is 0 Å². The third-order valence-corrected chi connectivity index (χ3v) is 5.89. The lowest BCUT2D eigenvalue weighted by Crippen LogP contribution is -2.31. The Balaban J connectivity index is 1.53. The second kappa shape index (κ2) is 7.71. The summed E-state index contributed by atoms with van der Waals surface area (Å²) in [7, 11) is 0. The standard InChI is InChI=1S/C14H13N5O2S3/c15-19-11(20)5-8-6-22-13(16-8)18-12(21)7-23-14-17-9-3-1-2-4-10(9)24-14/h1-4,6H,5,7,15H2,(H,19,20)(H,16,18,21). The van der Waals surface area contributed by atoms with Crippen LogP contribution >= 0.6 is 34.4 Å². The summed E-state index contributed by atoms with van der Waals surface area (Å²) in [5, 5.41) is 4.90. The number of carbonyl (C=O) groups excluding carboxylic acids is 2. The van der Waals surface area contributed by atoms with Crippen LogP contribution in [0.2, 0.25) is 0 Å². The lowest BCUT2D eigenvalue weighted by molar-refractivity contribution is -0.120. The molecule has 24 heavy (non-hydrogen) atoms. The van der Waals surface area contributed by atoms with Gasteiger partial charge in [-0.05, 0) is 12.1 Å². The van der Waals surface area contributed by atoms with Crippen molar-refractivity contribution >= 4 is 61.6 Å². The first-order valence-electron chi connectivity index (χ1n) is 6.86. The molecule has 0 aliphatic rings. The van der Waals surface area contributed by atoms with Crippen LogP contribution in [0.5, 0.6) is 0 Å². The van der Waals surface area contributed by atoms with Gasteiger partial charge in [0.2, 0.25) is 11.8 Å². The minimum Gasteiger partial charge on any atom is -0.301 e. The van der Waals surface area contributed by atoms with E-state index in [0.717, 1.165) is 14.6 Å². The van der Waals surface area contributed by atoms with Crippen LogP contribution in [0.3, 0.4) is 0 Å². The third-order valence-electron chi connectivity index (χ3n) is 2.90. The zero-order valence-electron chi connectivity index (χ0n) is 12.3. The quantitative estimate of drug-likeness (QED) is 0.262. The Hall–Kier alpha value is -2.01. The number of nitrogens with two attached hydrogens (primary N) is 1. The van der Waals surface area contributed by atoms with E-state index in [1.165, 1.54) is 23.1 Å². The highest BCUT2D eigenvalue weighted by Crippen LogP contribution is 2.29. The van der Waals surface area contributed by atoms with Crippen molar-refractivity contribution in [1.82, 2.24) is 15.4 Å². The molecule has 4 N–H and O–H groups in total. The number of benzene rings is 1. The molecule has 0 saturated heterocycles. The number of para-hydroxylation sites is 1. The summed E-state index contributed by atoms with van der Waals surface area (Å²) >= 11 is 4.22. The lowest BCUT2D eigenvalue weighted by atomic mass is 10.3. The summed E-state index contributed by atoms with van der Waals surface area (Å²) in [6, 6.07) is 7.86. The smallest absolute Gasteiger partial charge is 0.239 e. The van der Waals surface area contributed by atoms with E-state index in [9.17, 15) is 9.59 Å². The topological polar surface area (TPSA) is 110 Å². The molecule has 3 aromatic rings. The average Bonchev–Trinajstić information content (AvgIpc) is 3.19. The van der Waals surface area contributed by atoms with Crippen LogP contribution in [0, 0.1) is 0 Å². The van der Waals surface area contributed by atoms with Crippen LogP contribution < -0.4 is 16.6 Å². The first kappa shape index (κ1) is 16.8. The number of rotatable bonds is 6. The summed E-state index contributed by atoms with van der Waals surface area (Å²) in [5.41, 5.74) is 3.55. The number of anilines is 1. The molecule has 0 fully saturated rings. The summed E-state index contributed by atoms with van der Waals surface area (Å²) in [6.07, 6.45) is 0.0866. The van der Waals surface area contributed by atoms with Crippen LogP contribution in [0.4, 0.5) is 5.13 Å². The first-order valence-corrected chi connectivity index (χ1v) is 9.54. The Morgan fingerprint density at radius 3 is 2.83 bits per heavy atom. The summed E-state index contributed by atoms with van der Waals surface area (Å²) in [4.78, 5) is 31.8. The van der Waals surface area contributed by atoms with Gasteiger partial charge in [0.15, 0.2) is 9.47 Å². The molecule has 0 radical (unpaired) electrons. The molecule has 1 aromatic carbocycles. The maximum Gasteiger partial charge on any atom is 0.239 e. The number of amides is 2. The number of hydrogen-bond donors (Lipinski definition) is 3. The Bertz CT molecular complexity index is 843. The van der Waals surface area contributed by atoms with Gasteiger partial charge in [-0.25, -0.2) is 15.8 Å². The monoisotopic (exact) mass is 379 g/mol. The van der Waals surface area contributed by atoms with Crippen molar-refractivity contribution in [2.75, 3.05) is 11.1 Å². The minimum absolute atomic E-state index is 0.0866. The number of nitrogens with one attached hydrogen (secondary N) is 2. The number of hydrogen-bond acceptors (Lipinski definition) is 8. The van der Waals surface area contributed by atoms with Crippen LogP contribution in [-0.4, -0.2) is 27.5 Å². The molecular weight excluding hydrogens is 366 g/mol. The van der Waals surface area contributed by atoms with Crippen LogP contribution in [0.25, 0.3) is 10.2 Å². The van der Waals surface area contributed by atoms with Crippen molar-refractivity contribution in [2.45, 2.75) is 10.8 Å². The molecule has 3 rings (SSSR count). The minimum atomic E-state index is -0.329. The zero-order valence-corrected chi connectivity index (χ0v) is 14.8. The molecule has 7 nitrogen and oxygen atoms in total. The molecule has 0 bridgehead atoms. The molecule has 0 aliphatic carbocycles. The van der Waals surface area contributed by atoms with E-state index in [2.05, 4.69) is 15.3 Å². The number of thiazole rings is 2. The van der Waals surface area contributed by atoms with Crippen molar-refractivity contribution < 1.29 is 9.59 Å². The summed E-state index contributed by atoms with van der Waals surface area (Å²) in [5.74, 6) is 4.78. The largest absolute Gasteiger partial charge is 0.301 e. The third kappa shape index (κ3) is 4.29. The van der Waals surface area contributed by atoms with E-state index in [4.69, 9.17) is 5.84 Å². The van der Waals surface area contributed by atoms with E-state index in [1.807, 2.05) is 29.7 Å². The van der Waals surface area contributed by atoms with Crippen molar-refractivity contribution in [2.24, 2.45) is 5.84 Å². The fourth-order valence-electron chi connectivity index (χ4n) is 1.86. The van der Waals surface area contributed by atoms with Gasteiger partial charge in [0.1, 0.15) is 0 Å². The van der Waals surface area contributed by atoms with Gasteiger partial charge in [0.25, 0.3) is 0 Å². The van der Waals surface area contributed by atoms with Crippen LogP contribution in [0.1, 0.15) is 5.69 Å². The molecule has 2 aromatic heterocycles. The number of thioether (sulfide) groups is 1. The molecule has 2 amide bonds. The fraction of sp³-hybridized carbons (Fsp3) is 0.143. The molecular formula is C14H13N5O2S3. The molecule has 2 heterocycles. The van der Waals surface area contributed by atoms with Crippen LogP contribution in [-0.2, 0) is 16.0 Å². The molecule has 0 unspecified atom stereocenters. The van der Waals surface area contributed by atoms with Gasteiger partial charge in [-0.3, -0.25) is 15.0 Å². The number of hydrazine groups is 1. The van der Waals surface area contributed by atoms with Gasteiger partial charge in [0.05, 0.1) is 28.1 Å².